The van der Waals surface area contributed by atoms with Gasteiger partial charge in [0.05, 0.1) is 0 Å². The van der Waals surface area contributed by atoms with Gasteiger partial charge in [-0.25, -0.2) is 0 Å². The molecule has 78 valence electrons. The summed E-state index contributed by atoms with van der Waals surface area (Å²) >= 11 is 0. The summed E-state index contributed by atoms with van der Waals surface area (Å²) in [6, 6.07) is 9.09. The number of allylic oxidation sites excluding steroid dienone is 3. The fourth-order valence-electron chi connectivity index (χ4n) is 1.38. The summed E-state index contributed by atoms with van der Waals surface area (Å²) in [6.45, 7) is 3.60. The zero-order valence-electron chi connectivity index (χ0n) is 8.86. The first kappa shape index (κ1) is 11.4. The molecule has 1 heteroatoms. The van der Waals surface area contributed by atoms with Crippen molar-refractivity contribution in [2.75, 3.05) is 0 Å². The van der Waals surface area contributed by atoms with Gasteiger partial charge in [-0.2, -0.15) is 0 Å². The molecule has 0 saturated carbocycles. The molecule has 0 aliphatic carbocycles. The third-order valence-electron chi connectivity index (χ3n) is 2.17. The SMILES string of the molecule is C=C/C=C\CCCc1cccccc1=O. The molecule has 0 spiro atoms. The van der Waals surface area contributed by atoms with Crippen LogP contribution < -0.4 is 5.43 Å². The van der Waals surface area contributed by atoms with E-state index in [0.717, 1.165) is 24.8 Å². The Morgan fingerprint density at radius 2 is 2.00 bits per heavy atom. The van der Waals surface area contributed by atoms with E-state index in [1.165, 1.54) is 0 Å². The lowest BCUT2D eigenvalue weighted by molar-refractivity contribution is 0.839. The second-order valence-corrected chi connectivity index (χ2v) is 3.36. The van der Waals surface area contributed by atoms with Gasteiger partial charge in [0.1, 0.15) is 0 Å². The van der Waals surface area contributed by atoms with Gasteiger partial charge in [0.2, 0.25) is 0 Å². The molecule has 0 radical (unpaired) electrons. The smallest absolute Gasteiger partial charge is 0.181 e. The summed E-state index contributed by atoms with van der Waals surface area (Å²) in [5.74, 6) is 0. The molecule has 0 fully saturated rings. The van der Waals surface area contributed by atoms with Gasteiger partial charge in [0.15, 0.2) is 5.43 Å². The van der Waals surface area contributed by atoms with Gasteiger partial charge >= 0.3 is 0 Å². The van der Waals surface area contributed by atoms with Gasteiger partial charge in [-0.3, -0.25) is 4.79 Å². The van der Waals surface area contributed by atoms with Crippen molar-refractivity contribution in [3.8, 4) is 0 Å². The van der Waals surface area contributed by atoms with Crippen LogP contribution in [0.2, 0.25) is 0 Å². The van der Waals surface area contributed by atoms with E-state index in [1.54, 1.807) is 18.2 Å². The van der Waals surface area contributed by atoms with Crippen molar-refractivity contribution < 1.29 is 0 Å². The van der Waals surface area contributed by atoms with E-state index in [9.17, 15) is 4.79 Å². The lowest BCUT2D eigenvalue weighted by Gasteiger charge is -1.94. The van der Waals surface area contributed by atoms with E-state index in [4.69, 9.17) is 0 Å². The lowest BCUT2D eigenvalue weighted by Crippen LogP contribution is -2.03. The second kappa shape index (κ2) is 6.77. The van der Waals surface area contributed by atoms with E-state index < -0.39 is 0 Å². The highest BCUT2D eigenvalue weighted by molar-refractivity contribution is 5.14. The molecule has 1 nitrogen and oxygen atoms in total. The third kappa shape index (κ3) is 4.41. The van der Waals surface area contributed by atoms with Crippen molar-refractivity contribution in [3.05, 3.63) is 70.9 Å². The van der Waals surface area contributed by atoms with Gasteiger partial charge in [0, 0.05) is 0 Å². The third-order valence-corrected chi connectivity index (χ3v) is 2.17. The average Bonchev–Trinajstić information content (AvgIpc) is 2.44. The molecular formula is C14H16O. The molecule has 0 aliphatic heterocycles. The van der Waals surface area contributed by atoms with Crippen molar-refractivity contribution in [2.45, 2.75) is 19.3 Å². The van der Waals surface area contributed by atoms with Crippen molar-refractivity contribution in [1.29, 1.82) is 0 Å². The molecule has 0 N–H and O–H groups in total. The molecule has 0 heterocycles. The summed E-state index contributed by atoms with van der Waals surface area (Å²) < 4.78 is 0. The molecule has 15 heavy (non-hydrogen) atoms. The molecule has 1 aromatic rings. The molecule has 0 aliphatic rings. The summed E-state index contributed by atoms with van der Waals surface area (Å²) in [5.41, 5.74) is 1.03. The van der Waals surface area contributed by atoms with Crippen molar-refractivity contribution in [1.82, 2.24) is 0 Å². The van der Waals surface area contributed by atoms with E-state index >= 15 is 0 Å². The molecule has 0 aromatic heterocycles. The Morgan fingerprint density at radius 1 is 1.20 bits per heavy atom. The molecule has 0 atom stereocenters. The first-order valence-electron chi connectivity index (χ1n) is 5.20. The summed E-state index contributed by atoms with van der Waals surface area (Å²) in [6.07, 6.45) is 8.60. The van der Waals surface area contributed by atoms with Gasteiger partial charge in [-0.05, 0) is 30.9 Å². The molecule has 0 unspecified atom stereocenters. The van der Waals surface area contributed by atoms with Crippen molar-refractivity contribution in [2.24, 2.45) is 0 Å². The Hall–Kier alpha value is -1.63. The van der Waals surface area contributed by atoms with Crippen molar-refractivity contribution >= 4 is 0 Å². The van der Waals surface area contributed by atoms with Crippen LogP contribution in [0, 0.1) is 0 Å². The maximum Gasteiger partial charge on any atom is 0.181 e. The Balaban J connectivity index is 2.52. The minimum absolute atomic E-state index is 0.132. The molecule has 1 aromatic carbocycles. The second-order valence-electron chi connectivity index (χ2n) is 3.36. The van der Waals surface area contributed by atoms with Crippen LogP contribution in [0.25, 0.3) is 0 Å². The highest BCUT2D eigenvalue weighted by Crippen LogP contribution is 2.00. The largest absolute Gasteiger partial charge is 0.290 e. The first-order chi connectivity index (χ1) is 7.34. The van der Waals surface area contributed by atoms with Crippen LogP contribution in [0.5, 0.6) is 0 Å². The molecule has 0 saturated heterocycles. The minimum atomic E-state index is 0.132. The van der Waals surface area contributed by atoms with Crippen LogP contribution in [0.3, 0.4) is 0 Å². The number of rotatable bonds is 5. The molecular weight excluding hydrogens is 184 g/mol. The fourth-order valence-corrected chi connectivity index (χ4v) is 1.38. The normalized spacial score (nSPS) is 10.4. The average molecular weight is 200 g/mol. The van der Waals surface area contributed by atoms with Crippen LogP contribution in [0.1, 0.15) is 18.4 Å². The number of unbranched alkanes of at least 4 members (excludes halogenated alkanes) is 1. The summed E-state index contributed by atoms with van der Waals surface area (Å²) in [7, 11) is 0. The zero-order valence-corrected chi connectivity index (χ0v) is 8.86. The maximum atomic E-state index is 11.5. The topological polar surface area (TPSA) is 17.1 Å². The number of hydrogen-bond donors (Lipinski definition) is 0. The van der Waals surface area contributed by atoms with Crippen LogP contribution in [0.4, 0.5) is 0 Å². The highest BCUT2D eigenvalue weighted by Gasteiger charge is 1.94. The van der Waals surface area contributed by atoms with Crippen LogP contribution in [0.15, 0.2) is 59.9 Å². The van der Waals surface area contributed by atoms with Gasteiger partial charge < -0.3 is 0 Å². The van der Waals surface area contributed by atoms with Crippen molar-refractivity contribution in [3.63, 3.8) is 0 Å². The van der Waals surface area contributed by atoms with Gasteiger partial charge in [-0.1, -0.05) is 49.1 Å². The molecule has 0 bridgehead atoms. The minimum Gasteiger partial charge on any atom is -0.290 e. The van der Waals surface area contributed by atoms with E-state index in [0.29, 0.717) is 0 Å². The fraction of sp³-hybridized carbons (Fsp3) is 0.214. The zero-order chi connectivity index (χ0) is 10.9. The Bertz CT molecular complexity index is 391. The van der Waals surface area contributed by atoms with E-state index in [-0.39, 0.29) is 5.43 Å². The lowest BCUT2D eigenvalue weighted by atomic mass is 10.1. The van der Waals surface area contributed by atoms with Crippen LogP contribution in [-0.4, -0.2) is 0 Å². The number of aryl methyl sites for hydroxylation is 1. The Labute approximate surface area is 90.8 Å². The van der Waals surface area contributed by atoms with Crippen LogP contribution in [-0.2, 0) is 6.42 Å². The first-order valence-corrected chi connectivity index (χ1v) is 5.20. The van der Waals surface area contributed by atoms with Gasteiger partial charge in [0.25, 0.3) is 0 Å². The number of hydrogen-bond acceptors (Lipinski definition) is 1. The highest BCUT2D eigenvalue weighted by atomic mass is 16.1. The molecule has 1 rings (SSSR count). The van der Waals surface area contributed by atoms with Crippen LogP contribution >= 0.6 is 0 Å². The Kier molecular flexibility index (Phi) is 5.16. The Morgan fingerprint density at radius 3 is 2.80 bits per heavy atom. The van der Waals surface area contributed by atoms with Gasteiger partial charge in [-0.15, -0.1) is 0 Å². The predicted molar refractivity (Wildman–Crippen MR) is 65.0 cm³/mol. The standard InChI is InChI=1S/C14H16O/c1-2-3-4-5-7-10-13-11-8-6-9-12-14(13)15/h2-4,6,8-9,11-12H,1,5,7,10H2/b4-3-. The predicted octanol–water partition coefficient (Wildman–Crippen LogP) is 3.11. The quantitative estimate of drug-likeness (QED) is 0.527. The summed E-state index contributed by atoms with van der Waals surface area (Å²) in [5, 5.41) is 0. The summed E-state index contributed by atoms with van der Waals surface area (Å²) in [4.78, 5) is 11.5. The van der Waals surface area contributed by atoms with E-state index in [2.05, 4.69) is 12.7 Å². The molecule has 0 amide bonds. The maximum absolute atomic E-state index is 11.5. The monoisotopic (exact) mass is 200 g/mol. The van der Waals surface area contributed by atoms with E-state index in [1.807, 2.05) is 24.3 Å².